The minimum Gasteiger partial charge on any atom is -0.0443 e. The molecule has 0 nitrogen and oxygen atoms in total. The maximum absolute atomic E-state index is 2.56. The van der Waals surface area contributed by atoms with E-state index in [-0.39, 0.29) is 0 Å². The summed E-state index contributed by atoms with van der Waals surface area (Å²) in [5, 5.41) is 34.1. The summed E-state index contributed by atoms with van der Waals surface area (Å²) < 4.78 is 7.76. The molecule has 0 saturated carbocycles. The molecule has 0 unspecified atom stereocenters. The molecule has 0 aromatic heterocycles. The van der Waals surface area contributed by atoms with Gasteiger partial charge in [-0.3, -0.25) is 0 Å². The summed E-state index contributed by atoms with van der Waals surface area (Å²) in [5.74, 6) is 0. The Morgan fingerprint density at radius 3 is 0.375 bits per heavy atom. The molecule has 0 spiro atoms. The van der Waals surface area contributed by atoms with Crippen molar-refractivity contribution in [2.45, 2.75) is 0 Å². The number of benzene rings is 13. The first-order valence-electron chi connectivity index (χ1n) is 15.6. The van der Waals surface area contributed by atoms with Gasteiger partial charge in [0.05, 0.1) is 0 Å². The van der Waals surface area contributed by atoms with Crippen LogP contribution >= 0.6 is 136 Å². The monoisotopic (exact) mass is 1280 g/mol. The summed E-state index contributed by atoms with van der Waals surface area (Å²) >= 11 is 15.4. The molecular formula is C42H12I6. The summed E-state index contributed by atoms with van der Waals surface area (Å²) in [6.45, 7) is 0. The Hall–Kier alpha value is -1.08. The molecule has 0 amide bonds. The van der Waals surface area contributed by atoms with Crippen LogP contribution in [0.15, 0.2) is 72.8 Å². The average molecular weight is 1280 g/mol. The molecule has 0 heterocycles. The summed E-state index contributed by atoms with van der Waals surface area (Å²) in [4.78, 5) is 0. The molecule has 0 aliphatic carbocycles. The van der Waals surface area contributed by atoms with Gasteiger partial charge in [-0.15, -0.1) is 0 Å². The van der Waals surface area contributed by atoms with E-state index in [0.717, 1.165) is 0 Å². The summed E-state index contributed by atoms with van der Waals surface area (Å²) in [6, 6.07) is 29.5. The second-order valence-corrected chi connectivity index (χ2v) is 21.0. The Morgan fingerprint density at radius 2 is 0.271 bits per heavy atom. The largest absolute Gasteiger partial charge is 0.0443 e. The average Bonchev–Trinajstić information content (AvgIpc) is 3.05. The van der Waals surface area contributed by atoms with Gasteiger partial charge in [0.1, 0.15) is 0 Å². The highest BCUT2D eigenvalue weighted by Gasteiger charge is 2.32. The predicted molar refractivity (Wildman–Crippen MR) is 260 cm³/mol. The Morgan fingerprint density at radius 1 is 0.167 bits per heavy atom. The number of fused-ring (bicyclic) bond motifs is 6. The highest BCUT2D eigenvalue weighted by molar-refractivity contribution is 14.1. The van der Waals surface area contributed by atoms with Crippen LogP contribution in [-0.4, -0.2) is 0 Å². The van der Waals surface area contributed by atoms with E-state index in [1.54, 1.807) is 0 Å². The predicted octanol–water partition coefficient (Wildman–Crippen LogP) is 15.8. The highest BCUT2D eigenvalue weighted by Crippen LogP contribution is 2.60. The lowest BCUT2D eigenvalue weighted by Crippen LogP contribution is -2.01. The van der Waals surface area contributed by atoms with Crippen molar-refractivity contribution in [3.05, 3.63) is 94.2 Å². The van der Waals surface area contributed by atoms with Crippen molar-refractivity contribution < 1.29 is 0 Å². The van der Waals surface area contributed by atoms with Gasteiger partial charge < -0.3 is 0 Å². The van der Waals surface area contributed by atoms with Crippen LogP contribution in [0, 0.1) is 21.4 Å². The van der Waals surface area contributed by atoms with E-state index in [0.29, 0.717) is 0 Å². The SMILES string of the molecule is Ic1cc2c3cc(I)cc4c5cc(I)cc6c7cc(I)cc8c9cc(I)cc%10c%11cc(I)cc%12c(c1)c2c1c(c34)c(c56)c(c78)c(c%109)c1c%12%11. The molecule has 13 aromatic carbocycles. The second kappa shape index (κ2) is 9.10. The number of halogens is 6. The molecule has 0 fully saturated rings. The third kappa shape index (κ3) is 3.11. The van der Waals surface area contributed by atoms with Gasteiger partial charge in [0.15, 0.2) is 0 Å². The zero-order valence-corrected chi connectivity index (χ0v) is 37.1. The maximum Gasteiger partial charge on any atom is 0.0143 e. The maximum atomic E-state index is 2.56. The highest BCUT2D eigenvalue weighted by atomic mass is 127. The van der Waals surface area contributed by atoms with Gasteiger partial charge >= 0.3 is 0 Å². The molecule has 0 N–H and O–H groups in total. The van der Waals surface area contributed by atoms with Gasteiger partial charge in [0.25, 0.3) is 0 Å². The van der Waals surface area contributed by atoms with Crippen LogP contribution in [0.1, 0.15) is 0 Å². The van der Waals surface area contributed by atoms with Crippen molar-refractivity contribution in [1.29, 1.82) is 0 Å². The lowest BCUT2D eigenvalue weighted by Gasteiger charge is -2.29. The molecule has 13 aromatic rings. The van der Waals surface area contributed by atoms with Gasteiger partial charge in [0, 0.05) is 21.4 Å². The van der Waals surface area contributed by atoms with E-state index in [9.17, 15) is 0 Å². The first-order valence-corrected chi connectivity index (χ1v) is 22.0. The van der Waals surface area contributed by atoms with Crippen molar-refractivity contribution >= 4 is 265 Å². The molecule has 0 radical (unpaired) electrons. The van der Waals surface area contributed by atoms with E-state index in [1.165, 1.54) is 151 Å². The minimum atomic E-state index is 1.29. The molecule has 48 heavy (non-hydrogen) atoms. The molecule has 0 saturated heterocycles. The Bertz CT molecular complexity index is 2800. The number of hydrogen-bond donors (Lipinski definition) is 0. The van der Waals surface area contributed by atoms with Crippen molar-refractivity contribution in [2.24, 2.45) is 0 Å². The minimum absolute atomic E-state index is 1.29. The molecule has 222 valence electrons. The van der Waals surface area contributed by atoms with Crippen molar-refractivity contribution in [3.8, 4) is 0 Å². The quantitative estimate of drug-likeness (QED) is 0.0806. The topological polar surface area (TPSA) is 0 Å². The van der Waals surface area contributed by atoms with E-state index in [4.69, 9.17) is 0 Å². The zero-order chi connectivity index (χ0) is 31.8. The standard InChI is InChI=1S/C42H12I6/c43-13-1-19-20-3-14(44)4-23-24-6-16(46)8-27-29-11-18(48)12-30-28-10-17(47)9-26-25-7-15(45)5-22-21(2-13)31(19)37-38(32(20)23)40(34(24)27)42(36(29)30)41(35(26)28)39(37)33(22)25/h1-12H. The third-order valence-electron chi connectivity index (χ3n) is 11.4. The summed E-state index contributed by atoms with van der Waals surface area (Å²) in [7, 11) is 0. The Labute approximate surface area is 353 Å². The van der Waals surface area contributed by atoms with Crippen molar-refractivity contribution in [3.63, 3.8) is 0 Å². The Kier molecular flexibility index (Phi) is 5.40. The van der Waals surface area contributed by atoms with E-state index in [1.807, 2.05) is 0 Å². The molecule has 0 aliphatic rings. The van der Waals surface area contributed by atoms with Gasteiger partial charge in [-0.05, 0) is 338 Å². The second-order valence-electron chi connectivity index (χ2n) is 13.5. The molecule has 0 bridgehead atoms. The van der Waals surface area contributed by atoms with Crippen LogP contribution in [0.4, 0.5) is 0 Å². The number of rotatable bonds is 0. The lowest BCUT2D eigenvalue weighted by atomic mass is 9.73. The van der Waals surface area contributed by atoms with Crippen LogP contribution in [-0.2, 0) is 0 Å². The van der Waals surface area contributed by atoms with Gasteiger partial charge in [-0.2, -0.15) is 0 Å². The smallest absolute Gasteiger partial charge is 0.0143 e. The van der Waals surface area contributed by atoms with Crippen LogP contribution in [0.5, 0.6) is 0 Å². The van der Waals surface area contributed by atoms with Crippen LogP contribution in [0.3, 0.4) is 0 Å². The fourth-order valence-corrected chi connectivity index (χ4v) is 13.8. The lowest BCUT2D eigenvalue weighted by molar-refractivity contribution is 1.73. The first kappa shape index (κ1) is 28.5. The Balaban J connectivity index is 1.61. The molecule has 13 rings (SSSR count). The van der Waals surface area contributed by atoms with Crippen LogP contribution < -0.4 is 0 Å². The van der Waals surface area contributed by atoms with E-state index >= 15 is 0 Å². The van der Waals surface area contributed by atoms with Gasteiger partial charge in [-0.1, -0.05) is 0 Å². The van der Waals surface area contributed by atoms with Crippen LogP contribution in [0.2, 0.25) is 0 Å². The molecule has 0 aliphatic heterocycles. The number of hydrogen-bond acceptors (Lipinski definition) is 0. The first-order chi connectivity index (χ1) is 23.3. The van der Waals surface area contributed by atoms with Crippen molar-refractivity contribution in [1.82, 2.24) is 0 Å². The fraction of sp³-hybridized carbons (Fsp3) is 0. The normalized spacial score (nSPS) is 13.6. The molecule has 6 heteroatoms. The third-order valence-corrected chi connectivity index (χ3v) is 15.1. The van der Waals surface area contributed by atoms with Gasteiger partial charge in [0.2, 0.25) is 0 Å². The fourth-order valence-electron chi connectivity index (χ4n) is 10.1. The van der Waals surface area contributed by atoms with Crippen LogP contribution in [0.25, 0.3) is 129 Å². The molecular weight excluding hydrogens is 1270 g/mol. The summed E-state index contributed by atoms with van der Waals surface area (Å²) in [6.07, 6.45) is 0. The summed E-state index contributed by atoms with van der Waals surface area (Å²) in [5.41, 5.74) is 0. The zero-order valence-electron chi connectivity index (χ0n) is 24.2. The van der Waals surface area contributed by atoms with E-state index < -0.39 is 0 Å². The molecule has 0 atom stereocenters. The van der Waals surface area contributed by atoms with Crippen molar-refractivity contribution in [2.75, 3.05) is 0 Å². The van der Waals surface area contributed by atoms with E-state index in [2.05, 4.69) is 208 Å². The van der Waals surface area contributed by atoms with Gasteiger partial charge in [-0.25, -0.2) is 0 Å².